The van der Waals surface area contributed by atoms with Gasteiger partial charge in [0.15, 0.2) is 0 Å². The second kappa shape index (κ2) is 7.18. The third-order valence-corrected chi connectivity index (χ3v) is 5.48. The standard InChI is InChI=1S/C16H17N3O2S2/c20-23(21,18-12-13-6-2-1-3-7-13)17-11-10-16-19-14-8-4-5-9-15(14)22-16/h1-9,17-18H,10-12H2. The molecule has 0 saturated heterocycles. The predicted molar refractivity (Wildman–Crippen MR) is 93.5 cm³/mol. The number of hydrogen-bond donors (Lipinski definition) is 2. The molecule has 0 aliphatic rings. The summed E-state index contributed by atoms with van der Waals surface area (Å²) >= 11 is 1.59. The van der Waals surface area contributed by atoms with Gasteiger partial charge in [0.25, 0.3) is 10.2 Å². The number of rotatable bonds is 7. The van der Waals surface area contributed by atoms with E-state index in [1.807, 2.05) is 54.6 Å². The molecule has 3 aromatic rings. The van der Waals surface area contributed by atoms with Crippen LogP contribution in [0.1, 0.15) is 10.6 Å². The van der Waals surface area contributed by atoms with Crippen LogP contribution >= 0.6 is 11.3 Å². The molecule has 0 bridgehead atoms. The van der Waals surface area contributed by atoms with E-state index in [-0.39, 0.29) is 6.54 Å². The van der Waals surface area contributed by atoms with Crippen molar-refractivity contribution in [2.45, 2.75) is 13.0 Å². The third kappa shape index (κ3) is 4.59. The Morgan fingerprint density at radius 1 is 0.957 bits per heavy atom. The Labute approximate surface area is 139 Å². The van der Waals surface area contributed by atoms with Crippen molar-refractivity contribution in [2.75, 3.05) is 6.54 Å². The number of nitrogens with zero attached hydrogens (tertiary/aromatic N) is 1. The van der Waals surface area contributed by atoms with Crippen LogP contribution in [0.15, 0.2) is 54.6 Å². The first-order chi connectivity index (χ1) is 11.1. The van der Waals surface area contributed by atoms with E-state index >= 15 is 0 Å². The lowest BCUT2D eigenvalue weighted by molar-refractivity contribution is 0.566. The molecule has 0 fully saturated rings. The molecule has 1 aromatic heterocycles. The van der Waals surface area contributed by atoms with Gasteiger partial charge in [-0.1, -0.05) is 42.5 Å². The lowest BCUT2D eigenvalue weighted by Crippen LogP contribution is -2.37. The van der Waals surface area contributed by atoms with E-state index in [1.54, 1.807) is 11.3 Å². The molecule has 3 rings (SSSR count). The first kappa shape index (κ1) is 16.1. The highest BCUT2D eigenvalue weighted by molar-refractivity contribution is 7.87. The van der Waals surface area contributed by atoms with Gasteiger partial charge in [0, 0.05) is 19.5 Å². The van der Waals surface area contributed by atoms with Crippen LogP contribution in [0, 0.1) is 0 Å². The molecule has 23 heavy (non-hydrogen) atoms. The molecule has 2 N–H and O–H groups in total. The minimum absolute atomic E-state index is 0.275. The number of thiazole rings is 1. The van der Waals surface area contributed by atoms with Crippen molar-refractivity contribution in [3.8, 4) is 0 Å². The fourth-order valence-corrected chi connectivity index (χ4v) is 3.94. The Kier molecular flexibility index (Phi) is 5.02. The van der Waals surface area contributed by atoms with Crippen LogP contribution in [0.25, 0.3) is 10.2 Å². The average molecular weight is 347 g/mol. The maximum Gasteiger partial charge on any atom is 0.277 e. The van der Waals surface area contributed by atoms with E-state index in [2.05, 4.69) is 14.4 Å². The highest BCUT2D eigenvalue weighted by Gasteiger charge is 2.09. The van der Waals surface area contributed by atoms with E-state index in [0.29, 0.717) is 13.0 Å². The Hall–Kier alpha value is -1.80. The van der Waals surface area contributed by atoms with Crippen LogP contribution in [0.2, 0.25) is 0 Å². The van der Waals surface area contributed by atoms with Gasteiger partial charge in [-0.2, -0.15) is 13.1 Å². The van der Waals surface area contributed by atoms with Crippen LogP contribution in [0.3, 0.4) is 0 Å². The van der Waals surface area contributed by atoms with Crippen molar-refractivity contribution in [1.29, 1.82) is 0 Å². The van der Waals surface area contributed by atoms with E-state index in [0.717, 1.165) is 20.8 Å². The monoisotopic (exact) mass is 347 g/mol. The first-order valence-electron chi connectivity index (χ1n) is 7.25. The Morgan fingerprint density at radius 3 is 2.48 bits per heavy atom. The Morgan fingerprint density at radius 2 is 1.70 bits per heavy atom. The van der Waals surface area contributed by atoms with Gasteiger partial charge in [-0.15, -0.1) is 11.3 Å². The van der Waals surface area contributed by atoms with Crippen LogP contribution in [0.5, 0.6) is 0 Å². The van der Waals surface area contributed by atoms with E-state index in [9.17, 15) is 8.42 Å². The molecule has 5 nitrogen and oxygen atoms in total. The van der Waals surface area contributed by atoms with Crippen molar-refractivity contribution in [2.24, 2.45) is 0 Å². The zero-order chi connectivity index (χ0) is 16.1. The minimum atomic E-state index is -3.50. The smallest absolute Gasteiger partial charge is 0.241 e. The second-order valence-corrected chi connectivity index (χ2v) is 7.73. The van der Waals surface area contributed by atoms with Gasteiger partial charge < -0.3 is 0 Å². The third-order valence-electron chi connectivity index (χ3n) is 3.28. The lowest BCUT2D eigenvalue weighted by atomic mass is 10.2. The van der Waals surface area contributed by atoms with Gasteiger partial charge in [0.2, 0.25) is 0 Å². The summed E-state index contributed by atoms with van der Waals surface area (Å²) in [6, 6.07) is 17.3. The SMILES string of the molecule is O=S(=O)(NCCc1nc2ccccc2s1)NCc1ccccc1. The summed E-state index contributed by atoms with van der Waals surface area (Å²) in [6.07, 6.45) is 0.575. The van der Waals surface area contributed by atoms with Crippen molar-refractivity contribution >= 4 is 31.8 Å². The van der Waals surface area contributed by atoms with Crippen LogP contribution in [-0.4, -0.2) is 19.9 Å². The quantitative estimate of drug-likeness (QED) is 0.690. The van der Waals surface area contributed by atoms with Gasteiger partial charge in [0.1, 0.15) is 0 Å². The molecule has 0 saturated carbocycles. The van der Waals surface area contributed by atoms with Gasteiger partial charge in [-0.05, 0) is 17.7 Å². The van der Waals surface area contributed by atoms with Crippen molar-refractivity contribution < 1.29 is 8.42 Å². The molecule has 0 unspecified atom stereocenters. The first-order valence-corrected chi connectivity index (χ1v) is 9.55. The summed E-state index contributed by atoms with van der Waals surface area (Å²) in [6.45, 7) is 0.598. The molecule has 0 atom stereocenters. The molecular formula is C16H17N3O2S2. The number of benzene rings is 2. The number of nitrogens with one attached hydrogen (secondary N) is 2. The van der Waals surface area contributed by atoms with Crippen LogP contribution < -0.4 is 9.44 Å². The van der Waals surface area contributed by atoms with Gasteiger partial charge in [-0.3, -0.25) is 0 Å². The lowest BCUT2D eigenvalue weighted by Gasteiger charge is -2.07. The Balaban J connectivity index is 1.50. The summed E-state index contributed by atoms with van der Waals surface area (Å²) in [4.78, 5) is 4.49. The minimum Gasteiger partial charge on any atom is -0.241 e. The molecular weight excluding hydrogens is 330 g/mol. The predicted octanol–water partition coefficient (Wildman–Crippen LogP) is 2.46. The maximum atomic E-state index is 11.9. The number of fused-ring (bicyclic) bond motifs is 1. The van der Waals surface area contributed by atoms with Crippen molar-refractivity contribution in [3.05, 3.63) is 65.2 Å². The van der Waals surface area contributed by atoms with Crippen molar-refractivity contribution in [1.82, 2.24) is 14.4 Å². The zero-order valence-electron chi connectivity index (χ0n) is 12.4. The largest absolute Gasteiger partial charge is 0.277 e. The van der Waals surface area contributed by atoms with Gasteiger partial charge >= 0.3 is 0 Å². The summed E-state index contributed by atoms with van der Waals surface area (Å²) in [5.41, 5.74) is 1.88. The fourth-order valence-electron chi connectivity index (χ4n) is 2.14. The summed E-state index contributed by atoms with van der Waals surface area (Å²) in [5.74, 6) is 0. The van der Waals surface area contributed by atoms with Crippen LogP contribution in [-0.2, 0) is 23.2 Å². The number of aromatic nitrogens is 1. The van der Waals surface area contributed by atoms with Gasteiger partial charge in [-0.25, -0.2) is 9.71 Å². The zero-order valence-corrected chi connectivity index (χ0v) is 14.0. The van der Waals surface area contributed by atoms with Crippen LogP contribution in [0.4, 0.5) is 0 Å². The summed E-state index contributed by atoms with van der Waals surface area (Å²) < 4.78 is 30.1. The fraction of sp³-hybridized carbons (Fsp3) is 0.188. The molecule has 7 heteroatoms. The van der Waals surface area contributed by atoms with E-state index < -0.39 is 10.2 Å². The highest BCUT2D eigenvalue weighted by Crippen LogP contribution is 2.21. The molecule has 0 spiro atoms. The summed E-state index contributed by atoms with van der Waals surface area (Å²) in [5, 5.41) is 0.928. The Bertz CT molecular complexity index is 843. The topological polar surface area (TPSA) is 71.1 Å². The maximum absolute atomic E-state index is 11.9. The average Bonchev–Trinajstić information content (AvgIpc) is 2.96. The normalized spacial score (nSPS) is 11.8. The highest BCUT2D eigenvalue weighted by atomic mass is 32.2. The van der Waals surface area contributed by atoms with E-state index in [4.69, 9.17) is 0 Å². The molecule has 2 aromatic carbocycles. The van der Waals surface area contributed by atoms with E-state index in [1.165, 1.54) is 0 Å². The summed E-state index contributed by atoms with van der Waals surface area (Å²) in [7, 11) is -3.50. The molecule has 120 valence electrons. The second-order valence-electron chi connectivity index (χ2n) is 5.03. The van der Waals surface area contributed by atoms with Crippen molar-refractivity contribution in [3.63, 3.8) is 0 Å². The number of hydrogen-bond acceptors (Lipinski definition) is 4. The molecule has 0 amide bonds. The molecule has 0 aliphatic heterocycles. The molecule has 0 radical (unpaired) electrons. The molecule has 0 aliphatic carbocycles. The number of para-hydroxylation sites is 1. The molecule has 1 heterocycles. The van der Waals surface area contributed by atoms with Gasteiger partial charge in [0.05, 0.1) is 15.2 Å².